The van der Waals surface area contributed by atoms with Gasteiger partial charge >= 0.3 is 0 Å². The summed E-state index contributed by atoms with van der Waals surface area (Å²) in [7, 11) is 0. The third kappa shape index (κ3) is 13.7. The van der Waals surface area contributed by atoms with E-state index in [4.69, 9.17) is 0 Å². The number of unbranched alkanes of at least 4 members (excludes halogenated alkanes) is 10. The third-order valence-corrected chi connectivity index (χ3v) is 2.97. The predicted molar refractivity (Wildman–Crippen MR) is 75.6 cm³/mol. The first kappa shape index (κ1) is 15.7. The quantitative estimate of drug-likeness (QED) is 0.352. The predicted octanol–water partition coefficient (Wildman–Crippen LogP) is 6.08. The van der Waals surface area contributed by atoms with Crippen LogP contribution < -0.4 is 0 Å². The molecule has 0 bridgehead atoms. The minimum absolute atomic E-state index is 1.27. The van der Waals surface area contributed by atoms with Gasteiger partial charge in [0.25, 0.3) is 0 Å². The van der Waals surface area contributed by atoms with Crippen molar-refractivity contribution >= 4 is 0 Å². The average Bonchev–Trinajstić information content (AvgIpc) is 2.31. The van der Waals surface area contributed by atoms with Crippen LogP contribution in [-0.2, 0) is 0 Å². The number of hydrogen-bond acceptors (Lipinski definition) is 0. The molecular formula is C16H31. The van der Waals surface area contributed by atoms with E-state index in [1.54, 1.807) is 0 Å². The molecule has 0 N–H and O–H groups in total. The molecule has 0 fully saturated rings. The lowest BCUT2D eigenvalue weighted by atomic mass is 10.1. The molecule has 0 aliphatic heterocycles. The zero-order valence-electron chi connectivity index (χ0n) is 11.5. The van der Waals surface area contributed by atoms with Gasteiger partial charge < -0.3 is 0 Å². The Labute approximate surface area is 104 Å². The standard InChI is InChI=1S/C16H31/c1-3-5-7-9-11-13-15-16-14-12-10-8-6-4-2/h13,15-16H,3-12,14H2,1-2H3. The Morgan fingerprint density at radius 3 is 1.88 bits per heavy atom. The summed E-state index contributed by atoms with van der Waals surface area (Å²) in [6.45, 7) is 4.54. The lowest BCUT2D eigenvalue weighted by molar-refractivity contribution is 0.637. The van der Waals surface area contributed by atoms with E-state index in [1.807, 2.05) is 0 Å². The van der Waals surface area contributed by atoms with Crippen molar-refractivity contribution in [2.24, 2.45) is 0 Å². The van der Waals surface area contributed by atoms with Gasteiger partial charge in [-0.2, -0.15) is 0 Å². The van der Waals surface area contributed by atoms with Crippen molar-refractivity contribution < 1.29 is 0 Å². The van der Waals surface area contributed by atoms with Crippen molar-refractivity contribution in [3.05, 3.63) is 18.6 Å². The van der Waals surface area contributed by atoms with Crippen molar-refractivity contribution in [1.29, 1.82) is 0 Å². The molecule has 0 aromatic heterocycles. The van der Waals surface area contributed by atoms with Gasteiger partial charge in [-0.25, -0.2) is 0 Å². The van der Waals surface area contributed by atoms with E-state index in [2.05, 4.69) is 32.4 Å². The fourth-order valence-electron chi connectivity index (χ4n) is 1.84. The smallest absolute Gasteiger partial charge is 0.0171 e. The Balaban J connectivity index is 2.98. The van der Waals surface area contributed by atoms with Crippen LogP contribution in [0, 0.1) is 6.42 Å². The van der Waals surface area contributed by atoms with Crippen LogP contribution in [0.2, 0.25) is 0 Å². The Hall–Kier alpha value is -0.260. The fraction of sp³-hybridized carbons (Fsp3) is 0.812. The minimum atomic E-state index is 1.27. The van der Waals surface area contributed by atoms with Crippen LogP contribution in [0.3, 0.4) is 0 Å². The molecule has 0 heteroatoms. The SMILES string of the molecule is CCCCCC[CH]C=CCCCCCCC. The lowest BCUT2D eigenvalue weighted by Crippen LogP contribution is -1.78. The van der Waals surface area contributed by atoms with Crippen molar-refractivity contribution in [2.75, 3.05) is 0 Å². The Morgan fingerprint density at radius 1 is 0.625 bits per heavy atom. The minimum Gasteiger partial charge on any atom is -0.0882 e. The van der Waals surface area contributed by atoms with Gasteiger partial charge in [0.1, 0.15) is 0 Å². The Morgan fingerprint density at radius 2 is 1.19 bits per heavy atom. The van der Waals surface area contributed by atoms with Gasteiger partial charge in [0.2, 0.25) is 0 Å². The monoisotopic (exact) mass is 223 g/mol. The second kappa shape index (κ2) is 14.7. The van der Waals surface area contributed by atoms with Crippen LogP contribution in [-0.4, -0.2) is 0 Å². The Bertz CT molecular complexity index is 119. The van der Waals surface area contributed by atoms with E-state index in [9.17, 15) is 0 Å². The summed E-state index contributed by atoms with van der Waals surface area (Å²) >= 11 is 0. The van der Waals surface area contributed by atoms with Gasteiger partial charge in [0, 0.05) is 0 Å². The number of hydrogen-bond donors (Lipinski definition) is 0. The molecule has 0 nitrogen and oxygen atoms in total. The highest BCUT2D eigenvalue weighted by Crippen LogP contribution is 2.07. The molecule has 0 aromatic carbocycles. The number of rotatable bonds is 12. The van der Waals surface area contributed by atoms with Crippen molar-refractivity contribution in [1.82, 2.24) is 0 Å². The Kier molecular flexibility index (Phi) is 14.5. The van der Waals surface area contributed by atoms with E-state index < -0.39 is 0 Å². The van der Waals surface area contributed by atoms with Crippen molar-refractivity contribution in [3.63, 3.8) is 0 Å². The van der Waals surface area contributed by atoms with Crippen molar-refractivity contribution in [3.8, 4) is 0 Å². The molecule has 0 saturated heterocycles. The largest absolute Gasteiger partial charge is 0.0882 e. The molecule has 0 aliphatic rings. The zero-order valence-corrected chi connectivity index (χ0v) is 11.5. The molecule has 0 spiro atoms. The topological polar surface area (TPSA) is 0 Å². The first-order valence-corrected chi connectivity index (χ1v) is 7.40. The highest BCUT2D eigenvalue weighted by atomic mass is 13.9. The second-order valence-electron chi connectivity index (χ2n) is 4.72. The second-order valence-corrected chi connectivity index (χ2v) is 4.72. The molecule has 0 aliphatic carbocycles. The molecule has 16 heavy (non-hydrogen) atoms. The van der Waals surface area contributed by atoms with E-state index in [0.717, 1.165) is 0 Å². The molecular weight excluding hydrogens is 192 g/mol. The zero-order chi connectivity index (χ0) is 11.9. The van der Waals surface area contributed by atoms with Crippen molar-refractivity contribution in [2.45, 2.75) is 84.5 Å². The van der Waals surface area contributed by atoms with E-state index in [1.165, 1.54) is 70.6 Å². The first-order chi connectivity index (χ1) is 7.91. The van der Waals surface area contributed by atoms with Crippen LogP contribution in [0.25, 0.3) is 0 Å². The molecule has 0 heterocycles. The van der Waals surface area contributed by atoms with Crippen LogP contribution in [0.5, 0.6) is 0 Å². The summed E-state index contributed by atoms with van der Waals surface area (Å²) in [4.78, 5) is 0. The summed E-state index contributed by atoms with van der Waals surface area (Å²) in [5, 5.41) is 0. The summed E-state index contributed by atoms with van der Waals surface area (Å²) in [5.41, 5.74) is 0. The summed E-state index contributed by atoms with van der Waals surface area (Å²) < 4.78 is 0. The van der Waals surface area contributed by atoms with Crippen LogP contribution in [0.1, 0.15) is 84.5 Å². The molecule has 95 valence electrons. The summed E-state index contributed by atoms with van der Waals surface area (Å²) in [6.07, 6.45) is 22.0. The normalized spacial score (nSPS) is 11.4. The van der Waals surface area contributed by atoms with Crippen LogP contribution in [0.4, 0.5) is 0 Å². The summed E-state index contributed by atoms with van der Waals surface area (Å²) in [6, 6.07) is 0. The van der Waals surface area contributed by atoms with Gasteiger partial charge in [-0.3, -0.25) is 0 Å². The molecule has 0 atom stereocenters. The lowest BCUT2D eigenvalue weighted by Gasteiger charge is -1.97. The van der Waals surface area contributed by atoms with Crippen LogP contribution >= 0.6 is 0 Å². The van der Waals surface area contributed by atoms with Gasteiger partial charge in [0.15, 0.2) is 0 Å². The highest BCUT2D eigenvalue weighted by molar-refractivity contribution is 4.94. The van der Waals surface area contributed by atoms with Crippen LogP contribution in [0.15, 0.2) is 12.2 Å². The molecule has 0 saturated carbocycles. The maximum absolute atomic E-state index is 2.34. The average molecular weight is 223 g/mol. The summed E-state index contributed by atoms with van der Waals surface area (Å²) in [5.74, 6) is 0. The van der Waals surface area contributed by atoms with Gasteiger partial charge in [0.05, 0.1) is 0 Å². The van der Waals surface area contributed by atoms with E-state index in [0.29, 0.717) is 0 Å². The number of allylic oxidation sites excluding steroid dienone is 2. The van der Waals surface area contributed by atoms with Gasteiger partial charge in [-0.05, 0) is 25.7 Å². The molecule has 0 rings (SSSR count). The molecule has 0 aromatic rings. The fourth-order valence-corrected chi connectivity index (χ4v) is 1.84. The first-order valence-electron chi connectivity index (χ1n) is 7.40. The molecule has 0 amide bonds. The van der Waals surface area contributed by atoms with E-state index >= 15 is 0 Å². The maximum atomic E-state index is 2.34. The van der Waals surface area contributed by atoms with Gasteiger partial charge in [-0.15, -0.1) is 0 Å². The van der Waals surface area contributed by atoms with Gasteiger partial charge in [-0.1, -0.05) is 77.4 Å². The molecule has 1 radical (unpaired) electrons. The maximum Gasteiger partial charge on any atom is -0.0171 e. The highest BCUT2D eigenvalue weighted by Gasteiger charge is 1.88. The molecule has 0 unspecified atom stereocenters. The third-order valence-electron chi connectivity index (χ3n) is 2.97. The van der Waals surface area contributed by atoms with E-state index in [-0.39, 0.29) is 0 Å².